The number of anilines is 2. The fraction of sp³-hybridized carbons (Fsp3) is 0.619. The Balaban J connectivity index is 1.42. The Bertz CT molecular complexity index is 808. The summed E-state index contributed by atoms with van der Waals surface area (Å²) in [6, 6.07) is 3.26. The molecule has 1 N–H and O–H groups in total. The predicted molar refractivity (Wildman–Crippen MR) is 103 cm³/mol. The van der Waals surface area contributed by atoms with Crippen molar-refractivity contribution in [3.05, 3.63) is 23.8 Å². The zero-order valence-electron chi connectivity index (χ0n) is 16.5. The number of morpholine rings is 1. The fourth-order valence-corrected chi connectivity index (χ4v) is 4.86. The Hall–Kier alpha value is -2.29. The minimum atomic E-state index is -4.53. The average molecular weight is 426 g/mol. The molecule has 1 aromatic rings. The molecular formula is C21H25F3N2O4. The maximum absolute atomic E-state index is 13.2. The predicted octanol–water partition coefficient (Wildman–Crippen LogP) is 3.46. The third-order valence-electron chi connectivity index (χ3n) is 6.34. The Kier molecular flexibility index (Phi) is 5.90. The van der Waals surface area contributed by atoms with Gasteiger partial charge in [0.25, 0.3) is 5.91 Å². The molecule has 2 bridgehead atoms. The number of carbonyl (C=O) groups is 2. The van der Waals surface area contributed by atoms with Gasteiger partial charge in [0.1, 0.15) is 0 Å². The molecule has 0 radical (unpaired) electrons. The number of fused-ring (bicyclic) bond motifs is 2. The van der Waals surface area contributed by atoms with Crippen LogP contribution in [0.4, 0.5) is 24.5 Å². The van der Waals surface area contributed by atoms with E-state index in [9.17, 15) is 22.8 Å². The summed E-state index contributed by atoms with van der Waals surface area (Å²) in [6.45, 7) is 1.41. The molecular weight excluding hydrogens is 401 g/mol. The SMILES string of the molecule is O=C(COC(=O)C1CC2CCC1C2)Nc1cc(C(F)(F)F)ccc1N1CCOCC1. The maximum atomic E-state index is 13.2. The summed E-state index contributed by atoms with van der Waals surface area (Å²) in [5.74, 6) is -0.284. The lowest BCUT2D eigenvalue weighted by molar-refractivity contribution is -0.153. The van der Waals surface area contributed by atoms with Gasteiger partial charge in [0, 0.05) is 13.1 Å². The van der Waals surface area contributed by atoms with Crippen molar-refractivity contribution < 1.29 is 32.2 Å². The highest BCUT2D eigenvalue weighted by molar-refractivity contribution is 5.96. The van der Waals surface area contributed by atoms with Crippen molar-refractivity contribution in [1.82, 2.24) is 0 Å². The lowest BCUT2D eigenvalue weighted by Crippen LogP contribution is -2.37. The van der Waals surface area contributed by atoms with Gasteiger partial charge in [0.05, 0.1) is 36.1 Å². The van der Waals surface area contributed by atoms with Crippen molar-refractivity contribution in [1.29, 1.82) is 0 Å². The third kappa shape index (κ3) is 4.55. The molecule has 1 aromatic carbocycles. The Labute approximate surface area is 172 Å². The van der Waals surface area contributed by atoms with Crippen LogP contribution < -0.4 is 10.2 Å². The molecule has 4 rings (SSSR count). The number of nitrogens with one attached hydrogen (secondary N) is 1. The molecule has 0 aromatic heterocycles. The number of carbonyl (C=O) groups excluding carboxylic acids is 2. The van der Waals surface area contributed by atoms with Crippen molar-refractivity contribution in [2.45, 2.75) is 31.9 Å². The number of alkyl halides is 3. The highest BCUT2D eigenvalue weighted by Crippen LogP contribution is 2.48. The molecule has 9 heteroatoms. The van der Waals surface area contributed by atoms with Crippen LogP contribution in [0.3, 0.4) is 0 Å². The summed E-state index contributed by atoms with van der Waals surface area (Å²) in [6.07, 6.45) is -0.519. The van der Waals surface area contributed by atoms with E-state index in [1.165, 1.54) is 6.07 Å². The number of amides is 1. The summed E-state index contributed by atoms with van der Waals surface area (Å²) in [5.41, 5.74) is -0.319. The van der Waals surface area contributed by atoms with Crippen LogP contribution in [0.25, 0.3) is 0 Å². The third-order valence-corrected chi connectivity index (χ3v) is 6.34. The van der Waals surface area contributed by atoms with Crippen LogP contribution in [-0.4, -0.2) is 44.8 Å². The smallest absolute Gasteiger partial charge is 0.416 e. The van der Waals surface area contributed by atoms with Crippen molar-refractivity contribution in [2.24, 2.45) is 17.8 Å². The summed E-state index contributed by atoms with van der Waals surface area (Å²) in [7, 11) is 0. The van der Waals surface area contributed by atoms with Gasteiger partial charge in [0.2, 0.25) is 0 Å². The minimum Gasteiger partial charge on any atom is -0.455 e. The molecule has 2 saturated carbocycles. The number of hydrogen-bond donors (Lipinski definition) is 1. The zero-order chi connectivity index (χ0) is 21.3. The zero-order valence-corrected chi connectivity index (χ0v) is 16.5. The first-order valence-corrected chi connectivity index (χ1v) is 10.3. The molecule has 3 fully saturated rings. The number of esters is 1. The van der Waals surface area contributed by atoms with Gasteiger partial charge >= 0.3 is 12.1 Å². The lowest BCUT2D eigenvalue weighted by atomic mass is 9.89. The molecule has 3 unspecified atom stereocenters. The molecule has 1 aliphatic heterocycles. The second-order valence-corrected chi connectivity index (χ2v) is 8.27. The molecule has 164 valence electrons. The highest BCUT2D eigenvalue weighted by Gasteiger charge is 2.44. The van der Waals surface area contributed by atoms with Crippen LogP contribution in [0.2, 0.25) is 0 Å². The van der Waals surface area contributed by atoms with Gasteiger partial charge in [-0.3, -0.25) is 9.59 Å². The first-order valence-electron chi connectivity index (χ1n) is 10.3. The van der Waals surface area contributed by atoms with Gasteiger partial charge < -0.3 is 19.7 Å². The van der Waals surface area contributed by atoms with Gasteiger partial charge in [-0.2, -0.15) is 13.2 Å². The van der Waals surface area contributed by atoms with Crippen LogP contribution >= 0.6 is 0 Å². The second kappa shape index (κ2) is 8.45. The van der Waals surface area contributed by atoms with Gasteiger partial charge in [-0.15, -0.1) is 0 Å². The van der Waals surface area contributed by atoms with Gasteiger partial charge in [-0.05, 0) is 49.3 Å². The van der Waals surface area contributed by atoms with Crippen LogP contribution in [-0.2, 0) is 25.2 Å². The van der Waals surface area contributed by atoms with Crippen molar-refractivity contribution >= 4 is 23.3 Å². The van der Waals surface area contributed by atoms with E-state index in [1.54, 1.807) is 0 Å². The van der Waals surface area contributed by atoms with Crippen LogP contribution in [0.15, 0.2) is 18.2 Å². The standard InChI is InChI=1S/C21H25F3N2O4/c22-21(23,24)15-3-4-18(26-5-7-29-8-6-26)17(11-15)25-19(27)12-30-20(28)16-10-13-1-2-14(16)9-13/h3-4,11,13-14,16H,1-2,5-10,12H2,(H,25,27). The van der Waals surface area contributed by atoms with Gasteiger partial charge in [-0.1, -0.05) is 6.42 Å². The molecule has 3 aliphatic rings. The van der Waals surface area contributed by atoms with Crippen molar-refractivity contribution in [3.63, 3.8) is 0 Å². The molecule has 2 aliphatic carbocycles. The maximum Gasteiger partial charge on any atom is 0.416 e. The molecule has 6 nitrogen and oxygen atoms in total. The van der Waals surface area contributed by atoms with E-state index in [0.717, 1.165) is 37.8 Å². The van der Waals surface area contributed by atoms with E-state index >= 15 is 0 Å². The van der Waals surface area contributed by atoms with E-state index in [-0.39, 0.29) is 17.6 Å². The summed E-state index contributed by atoms with van der Waals surface area (Å²) < 4.78 is 50.0. The van der Waals surface area contributed by atoms with E-state index in [0.29, 0.717) is 43.8 Å². The Morgan fingerprint density at radius 2 is 1.93 bits per heavy atom. The van der Waals surface area contributed by atoms with Crippen LogP contribution in [0, 0.1) is 17.8 Å². The molecule has 3 atom stereocenters. The number of rotatable bonds is 5. The Morgan fingerprint density at radius 1 is 1.17 bits per heavy atom. The largest absolute Gasteiger partial charge is 0.455 e. The number of halogens is 3. The average Bonchev–Trinajstić information content (AvgIpc) is 3.36. The number of benzene rings is 1. The van der Waals surface area contributed by atoms with Gasteiger partial charge in [0.15, 0.2) is 6.61 Å². The summed E-state index contributed by atoms with van der Waals surface area (Å²) in [4.78, 5) is 26.6. The number of hydrogen-bond acceptors (Lipinski definition) is 5. The number of ether oxygens (including phenoxy) is 2. The quantitative estimate of drug-likeness (QED) is 0.731. The van der Waals surface area contributed by atoms with E-state index in [2.05, 4.69) is 5.32 Å². The molecule has 1 amide bonds. The second-order valence-electron chi connectivity index (χ2n) is 8.27. The molecule has 30 heavy (non-hydrogen) atoms. The van der Waals surface area contributed by atoms with E-state index in [1.807, 2.05) is 4.90 Å². The topological polar surface area (TPSA) is 67.9 Å². The highest BCUT2D eigenvalue weighted by atomic mass is 19.4. The van der Waals surface area contributed by atoms with Crippen LogP contribution in [0.1, 0.15) is 31.2 Å². The number of nitrogens with zero attached hydrogens (tertiary/aromatic N) is 1. The van der Waals surface area contributed by atoms with E-state index in [4.69, 9.17) is 9.47 Å². The van der Waals surface area contributed by atoms with Gasteiger partial charge in [-0.25, -0.2) is 0 Å². The minimum absolute atomic E-state index is 0.0488. The van der Waals surface area contributed by atoms with E-state index < -0.39 is 24.3 Å². The molecule has 1 saturated heterocycles. The normalized spacial score (nSPS) is 26.0. The lowest BCUT2D eigenvalue weighted by Gasteiger charge is -2.31. The molecule has 0 spiro atoms. The van der Waals surface area contributed by atoms with Crippen LogP contribution in [0.5, 0.6) is 0 Å². The Morgan fingerprint density at radius 3 is 2.57 bits per heavy atom. The van der Waals surface area contributed by atoms with Crippen molar-refractivity contribution in [3.8, 4) is 0 Å². The first-order chi connectivity index (χ1) is 14.3. The fourth-order valence-electron chi connectivity index (χ4n) is 4.86. The first kappa shape index (κ1) is 21.0. The van der Waals surface area contributed by atoms with Crippen molar-refractivity contribution in [2.75, 3.05) is 43.1 Å². The molecule has 1 heterocycles. The monoisotopic (exact) mass is 426 g/mol. The summed E-state index contributed by atoms with van der Waals surface area (Å²) in [5, 5.41) is 2.50. The summed E-state index contributed by atoms with van der Waals surface area (Å²) >= 11 is 0.